The first kappa shape index (κ1) is 17.2. The summed E-state index contributed by atoms with van der Waals surface area (Å²) in [5.41, 5.74) is 5.42. The van der Waals surface area contributed by atoms with E-state index in [0.717, 1.165) is 13.1 Å². The maximum absolute atomic E-state index is 3.82. The van der Waals surface area contributed by atoms with Crippen LogP contribution < -0.4 is 5.32 Å². The Bertz CT molecular complexity index is 639. The van der Waals surface area contributed by atoms with Crippen molar-refractivity contribution in [2.24, 2.45) is 5.92 Å². The van der Waals surface area contributed by atoms with Crippen LogP contribution in [0.15, 0.2) is 45.3 Å². The predicted octanol–water partition coefficient (Wildman–Crippen LogP) is 5.96. The molecule has 1 aliphatic heterocycles. The van der Waals surface area contributed by atoms with Gasteiger partial charge in [0.05, 0.1) is 0 Å². The number of halogens is 2. The first-order valence-corrected chi connectivity index (χ1v) is 9.87. The monoisotopic (exact) mass is 435 g/mol. The molecule has 0 saturated carbocycles. The average Bonchev–Trinajstić information content (AvgIpc) is 2.52. The molecule has 0 bridgehead atoms. The summed E-state index contributed by atoms with van der Waals surface area (Å²) in [6.07, 6.45) is 2.45. The van der Waals surface area contributed by atoms with Crippen LogP contribution in [0.1, 0.15) is 41.0 Å². The van der Waals surface area contributed by atoms with Gasteiger partial charge in [0.25, 0.3) is 0 Å². The highest BCUT2D eigenvalue weighted by Gasteiger charge is 2.29. The first-order chi connectivity index (χ1) is 11.1. The van der Waals surface area contributed by atoms with E-state index in [2.05, 4.69) is 87.4 Å². The predicted molar refractivity (Wildman–Crippen MR) is 105 cm³/mol. The second kappa shape index (κ2) is 7.50. The van der Waals surface area contributed by atoms with E-state index in [9.17, 15) is 0 Å². The number of rotatable bonds is 3. The van der Waals surface area contributed by atoms with E-state index in [4.69, 9.17) is 0 Å². The lowest BCUT2D eigenvalue weighted by molar-refractivity contribution is 0.341. The number of hydrogen-bond acceptors (Lipinski definition) is 1. The Morgan fingerprint density at radius 3 is 1.78 bits per heavy atom. The Morgan fingerprint density at radius 1 is 0.870 bits per heavy atom. The maximum Gasteiger partial charge on any atom is 0.0216 e. The van der Waals surface area contributed by atoms with Gasteiger partial charge in [-0.2, -0.15) is 0 Å². The number of hydrogen-bond donors (Lipinski definition) is 1. The van der Waals surface area contributed by atoms with Crippen molar-refractivity contribution in [1.82, 2.24) is 5.32 Å². The highest BCUT2D eigenvalue weighted by atomic mass is 79.9. The van der Waals surface area contributed by atoms with E-state index in [0.29, 0.717) is 11.8 Å². The van der Waals surface area contributed by atoms with Gasteiger partial charge in [-0.25, -0.2) is 0 Å². The van der Waals surface area contributed by atoms with E-state index >= 15 is 0 Å². The van der Waals surface area contributed by atoms with E-state index in [1.165, 1.54) is 44.0 Å². The Labute approximate surface area is 156 Å². The molecule has 1 saturated heterocycles. The van der Waals surface area contributed by atoms with Crippen LogP contribution in [0.3, 0.4) is 0 Å². The minimum atomic E-state index is 0.432. The molecule has 0 amide bonds. The average molecular weight is 437 g/mol. The van der Waals surface area contributed by atoms with Gasteiger partial charge in [-0.05, 0) is 80.1 Å². The summed E-state index contributed by atoms with van der Waals surface area (Å²) < 4.78 is 2.46. The smallest absolute Gasteiger partial charge is 0.0216 e. The standard InChI is InChI=1S/C20H23Br2N/c1-13-3-5-16(18(21)11-13)20(15-7-9-23-10-8-15)17-6-4-14(2)12-19(17)22/h3-6,11-12,15,20,23H,7-10H2,1-2H3. The molecule has 1 fully saturated rings. The molecular formula is C20H23Br2N. The molecule has 0 radical (unpaired) electrons. The number of benzene rings is 2. The summed E-state index contributed by atoms with van der Waals surface area (Å²) in [6, 6.07) is 13.6. The molecule has 1 heterocycles. The topological polar surface area (TPSA) is 12.0 Å². The van der Waals surface area contributed by atoms with Crippen LogP contribution in [0.2, 0.25) is 0 Å². The minimum Gasteiger partial charge on any atom is -0.317 e. The summed E-state index contributed by atoms with van der Waals surface area (Å²) in [5.74, 6) is 1.11. The van der Waals surface area contributed by atoms with Gasteiger partial charge < -0.3 is 5.32 Å². The third-order valence-corrected chi connectivity index (χ3v) is 6.21. The number of aryl methyl sites for hydroxylation is 2. The Kier molecular flexibility index (Phi) is 5.61. The molecule has 0 spiro atoms. The fourth-order valence-corrected chi connectivity index (χ4v) is 5.10. The minimum absolute atomic E-state index is 0.432. The summed E-state index contributed by atoms with van der Waals surface area (Å²) in [4.78, 5) is 0. The van der Waals surface area contributed by atoms with Crippen LogP contribution in [0.25, 0.3) is 0 Å². The molecule has 23 heavy (non-hydrogen) atoms. The molecule has 0 aliphatic carbocycles. The Morgan fingerprint density at radius 2 is 1.35 bits per heavy atom. The molecule has 1 nitrogen and oxygen atoms in total. The number of nitrogens with one attached hydrogen (secondary N) is 1. The molecule has 0 aromatic heterocycles. The highest BCUT2D eigenvalue weighted by Crippen LogP contribution is 2.42. The van der Waals surface area contributed by atoms with E-state index in [1.807, 2.05) is 0 Å². The normalized spacial score (nSPS) is 16.0. The van der Waals surface area contributed by atoms with Crippen LogP contribution in [0, 0.1) is 19.8 Å². The van der Waals surface area contributed by atoms with Gasteiger partial charge in [-0.15, -0.1) is 0 Å². The lowest BCUT2D eigenvalue weighted by Crippen LogP contribution is -2.31. The van der Waals surface area contributed by atoms with Crippen molar-refractivity contribution in [3.8, 4) is 0 Å². The zero-order valence-electron chi connectivity index (χ0n) is 13.7. The van der Waals surface area contributed by atoms with Crippen LogP contribution in [0.4, 0.5) is 0 Å². The van der Waals surface area contributed by atoms with Gasteiger partial charge in [0.2, 0.25) is 0 Å². The van der Waals surface area contributed by atoms with Crippen LogP contribution in [-0.4, -0.2) is 13.1 Å². The second-order valence-corrected chi connectivity index (χ2v) is 8.32. The van der Waals surface area contributed by atoms with Crippen LogP contribution >= 0.6 is 31.9 Å². The number of piperidine rings is 1. The van der Waals surface area contributed by atoms with Crippen molar-refractivity contribution in [1.29, 1.82) is 0 Å². The molecule has 0 unspecified atom stereocenters. The second-order valence-electron chi connectivity index (χ2n) is 6.62. The van der Waals surface area contributed by atoms with Crippen LogP contribution in [0.5, 0.6) is 0 Å². The van der Waals surface area contributed by atoms with Crippen molar-refractivity contribution in [2.75, 3.05) is 13.1 Å². The zero-order chi connectivity index (χ0) is 16.4. The summed E-state index contributed by atoms with van der Waals surface area (Å²) in [6.45, 7) is 6.54. The molecule has 0 atom stereocenters. The van der Waals surface area contributed by atoms with Gasteiger partial charge in [-0.1, -0.05) is 56.1 Å². The molecule has 122 valence electrons. The highest BCUT2D eigenvalue weighted by molar-refractivity contribution is 9.10. The van der Waals surface area contributed by atoms with E-state index in [1.54, 1.807) is 0 Å². The lowest BCUT2D eigenvalue weighted by Gasteiger charge is -2.33. The molecule has 3 rings (SSSR count). The molecule has 1 N–H and O–H groups in total. The summed E-state index contributed by atoms with van der Waals surface area (Å²) in [7, 11) is 0. The SMILES string of the molecule is Cc1ccc(C(c2ccc(C)cc2Br)C2CCNCC2)c(Br)c1. The quantitative estimate of drug-likeness (QED) is 0.625. The van der Waals surface area contributed by atoms with Crippen molar-refractivity contribution >= 4 is 31.9 Å². The van der Waals surface area contributed by atoms with Crippen molar-refractivity contribution in [3.05, 3.63) is 67.6 Å². The van der Waals surface area contributed by atoms with Gasteiger partial charge in [-0.3, -0.25) is 0 Å². The van der Waals surface area contributed by atoms with E-state index < -0.39 is 0 Å². The lowest BCUT2D eigenvalue weighted by atomic mass is 9.76. The van der Waals surface area contributed by atoms with Gasteiger partial charge in [0.1, 0.15) is 0 Å². The zero-order valence-corrected chi connectivity index (χ0v) is 16.9. The van der Waals surface area contributed by atoms with Crippen molar-refractivity contribution in [2.45, 2.75) is 32.6 Å². The third-order valence-electron chi connectivity index (χ3n) is 4.84. The first-order valence-electron chi connectivity index (χ1n) is 8.29. The summed E-state index contributed by atoms with van der Waals surface area (Å²) >= 11 is 7.64. The summed E-state index contributed by atoms with van der Waals surface area (Å²) in [5, 5.41) is 3.50. The van der Waals surface area contributed by atoms with Gasteiger partial charge in [0, 0.05) is 14.9 Å². The Balaban J connectivity index is 2.09. The molecule has 2 aromatic rings. The van der Waals surface area contributed by atoms with Crippen LogP contribution in [-0.2, 0) is 0 Å². The molecule has 1 aliphatic rings. The van der Waals surface area contributed by atoms with Crippen molar-refractivity contribution in [3.63, 3.8) is 0 Å². The van der Waals surface area contributed by atoms with Gasteiger partial charge in [0.15, 0.2) is 0 Å². The fraction of sp³-hybridized carbons (Fsp3) is 0.400. The fourth-order valence-electron chi connectivity index (χ4n) is 3.62. The molecule has 2 aromatic carbocycles. The third kappa shape index (κ3) is 3.89. The van der Waals surface area contributed by atoms with Gasteiger partial charge >= 0.3 is 0 Å². The van der Waals surface area contributed by atoms with E-state index in [-0.39, 0.29) is 0 Å². The molecule has 3 heteroatoms. The maximum atomic E-state index is 3.82. The van der Waals surface area contributed by atoms with Crippen molar-refractivity contribution < 1.29 is 0 Å². The Hall–Kier alpha value is -0.640. The molecular weight excluding hydrogens is 414 g/mol. The largest absolute Gasteiger partial charge is 0.317 e.